The standard InChI is InChI=1S/C36H22BN3O/c1-3-11-23(12-4-1)38-25-15-7-8-16-26(25)40-28-18-10-20-32-34(28)37-33-27(17-9-19-31(33)41-32)39(24-13-5-2-6-14-24)29-21-22-30(38)36(40)35(29)37/h1-22H. The first kappa shape index (κ1) is 21.4. The molecule has 4 aliphatic heterocycles. The number of anilines is 9. The van der Waals surface area contributed by atoms with E-state index in [1.165, 1.54) is 50.5 Å². The number of para-hydroxylation sites is 4. The Bertz CT molecular complexity index is 2040. The van der Waals surface area contributed by atoms with Crippen molar-refractivity contribution in [3.8, 4) is 11.5 Å². The Kier molecular flexibility index (Phi) is 3.98. The highest BCUT2D eigenvalue weighted by Gasteiger charge is 2.50. The van der Waals surface area contributed by atoms with Gasteiger partial charge in [-0.1, -0.05) is 60.7 Å². The van der Waals surface area contributed by atoms with Crippen molar-refractivity contribution >= 4 is 74.3 Å². The third-order valence-electron chi connectivity index (χ3n) is 8.92. The summed E-state index contributed by atoms with van der Waals surface area (Å²) in [6.07, 6.45) is 0. The van der Waals surface area contributed by atoms with Gasteiger partial charge in [-0.2, -0.15) is 0 Å². The van der Waals surface area contributed by atoms with Gasteiger partial charge in [0.2, 0.25) is 0 Å². The van der Waals surface area contributed by atoms with Gasteiger partial charge in [-0.3, -0.25) is 0 Å². The predicted octanol–water partition coefficient (Wildman–Crippen LogP) is 7.66. The van der Waals surface area contributed by atoms with Crippen LogP contribution in [0.4, 0.5) is 51.2 Å². The molecule has 0 spiro atoms. The Hall–Kier alpha value is -5.42. The summed E-state index contributed by atoms with van der Waals surface area (Å²) in [6.45, 7) is 0.0743. The molecule has 6 aromatic rings. The number of nitrogens with zero attached hydrogens (tertiary/aromatic N) is 3. The molecule has 0 fully saturated rings. The fourth-order valence-corrected chi connectivity index (χ4v) is 7.43. The number of hydrogen-bond donors (Lipinski definition) is 0. The average molecular weight is 523 g/mol. The molecule has 0 N–H and O–H groups in total. The molecule has 190 valence electrons. The summed E-state index contributed by atoms with van der Waals surface area (Å²) in [4.78, 5) is 7.31. The molecule has 0 bridgehead atoms. The fraction of sp³-hybridized carbons (Fsp3) is 0. The highest BCUT2D eigenvalue weighted by atomic mass is 16.5. The molecule has 41 heavy (non-hydrogen) atoms. The molecular weight excluding hydrogens is 501 g/mol. The molecule has 4 nitrogen and oxygen atoms in total. The third kappa shape index (κ3) is 2.61. The van der Waals surface area contributed by atoms with E-state index in [-0.39, 0.29) is 6.71 Å². The van der Waals surface area contributed by atoms with E-state index in [0.29, 0.717) is 0 Å². The van der Waals surface area contributed by atoms with Gasteiger partial charge in [0.1, 0.15) is 11.5 Å². The molecule has 0 saturated carbocycles. The first-order valence-corrected chi connectivity index (χ1v) is 14.1. The molecule has 10 rings (SSSR count). The van der Waals surface area contributed by atoms with E-state index in [4.69, 9.17) is 4.74 Å². The second kappa shape index (κ2) is 7.61. The maximum absolute atomic E-state index is 6.69. The maximum atomic E-state index is 6.69. The van der Waals surface area contributed by atoms with Crippen LogP contribution in [0.2, 0.25) is 0 Å². The third-order valence-corrected chi connectivity index (χ3v) is 8.92. The van der Waals surface area contributed by atoms with Gasteiger partial charge in [0.15, 0.2) is 0 Å². The fourth-order valence-electron chi connectivity index (χ4n) is 7.43. The largest absolute Gasteiger partial charge is 0.458 e. The zero-order valence-electron chi connectivity index (χ0n) is 22.0. The molecule has 4 aliphatic rings. The van der Waals surface area contributed by atoms with Crippen molar-refractivity contribution in [2.75, 3.05) is 14.7 Å². The SMILES string of the molecule is c1ccc(N2c3cccc4c3B3c5c(cccc5N5c6ccccc6N(c6ccccc6)c6ccc2c3c65)O4)cc1. The molecule has 0 aliphatic carbocycles. The van der Waals surface area contributed by atoms with Crippen molar-refractivity contribution in [1.82, 2.24) is 0 Å². The monoisotopic (exact) mass is 523 g/mol. The molecular formula is C36H22BN3O. The van der Waals surface area contributed by atoms with E-state index >= 15 is 0 Å². The molecule has 0 atom stereocenters. The van der Waals surface area contributed by atoms with Gasteiger partial charge in [-0.05, 0) is 89.2 Å². The molecule has 0 radical (unpaired) electrons. The summed E-state index contributed by atoms with van der Waals surface area (Å²) in [6, 6.07) is 47.8. The van der Waals surface area contributed by atoms with E-state index < -0.39 is 0 Å². The van der Waals surface area contributed by atoms with Crippen LogP contribution in [0.1, 0.15) is 0 Å². The minimum Gasteiger partial charge on any atom is -0.458 e. The van der Waals surface area contributed by atoms with Gasteiger partial charge < -0.3 is 19.4 Å². The second-order valence-electron chi connectivity index (χ2n) is 10.9. The Morgan fingerprint density at radius 3 is 1.46 bits per heavy atom. The quantitative estimate of drug-likeness (QED) is 0.217. The molecule has 0 saturated heterocycles. The lowest BCUT2D eigenvalue weighted by Gasteiger charge is -2.50. The Morgan fingerprint density at radius 1 is 0.366 bits per heavy atom. The van der Waals surface area contributed by atoms with Crippen molar-refractivity contribution < 1.29 is 4.74 Å². The summed E-state index contributed by atoms with van der Waals surface area (Å²) in [5, 5.41) is 0. The van der Waals surface area contributed by atoms with Gasteiger partial charge in [0.05, 0.1) is 22.7 Å². The van der Waals surface area contributed by atoms with Crippen molar-refractivity contribution in [1.29, 1.82) is 0 Å². The van der Waals surface area contributed by atoms with Gasteiger partial charge in [0, 0.05) is 28.4 Å². The van der Waals surface area contributed by atoms with Gasteiger partial charge in [-0.25, -0.2) is 0 Å². The summed E-state index contributed by atoms with van der Waals surface area (Å²) in [5.41, 5.74) is 14.4. The van der Waals surface area contributed by atoms with Crippen LogP contribution in [0, 0.1) is 0 Å². The van der Waals surface area contributed by atoms with Crippen LogP contribution in [0.25, 0.3) is 0 Å². The Morgan fingerprint density at radius 2 is 0.829 bits per heavy atom. The number of rotatable bonds is 2. The lowest BCUT2D eigenvalue weighted by atomic mass is 9.32. The summed E-state index contributed by atoms with van der Waals surface area (Å²) < 4.78 is 6.69. The maximum Gasteiger partial charge on any atom is 0.262 e. The van der Waals surface area contributed by atoms with Crippen molar-refractivity contribution in [3.63, 3.8) is 0 Å². The lowest BCUT2D eigenvalue weighted by molar-refractivity contribution is 0.487. The highest BCUT2D eigenvalue weighted by Crippen LogP contribution is 2.57. The van der Waals surface area contributed by atoms with Crippen LogP contribution < -0.4 is 35.8 Å². The Balaban J connectivity index is 1.37. The molecule has 4 heterocycles. The van der Waals surface area contributed by atoms with E-state index in [9.17, 15) is 0 Å². The highest BCUT2D eigenvalue weighted by molar-refractivity contribution is 7.01. The molecule has 5 heteroatoms. The predicted molar refractivity (Wildman–Crippen MR) is 169 cm³/mol. The normalized spacial score (nSPS) is 14.3. The first-order chi connectivity index (χ1) is 20.4. The Labute approximate surface area is 238 Å². The minimum absolute atomic E-state index is 0.0743. The van der Waals surface area contributed by atoms with E-state index in [1.54, 1.807) is 0 Å². The average Bonchev–Trinajstić information content (AvgIpc) is 3.04. The van der Waals surface area contributed by atoms with Crippen molar-refractivity contribution in [2.45, 2.75) is 0 Å². The van der Waals surface area contributed by atoms with Crippen LogP contribution in [-0.2, 0) is 0 Å². The number of benzene rings is 6. The van der Waals surface area contributed by atoms with Gasteiger partial charge in [0.25, 0.3) is 6.71 Å². The first-order valence-electron chi connectivity index (χ1n) is 14.1. The van der Waals surface area contributed by atoms with Crippen LogP contribution in [-0.4, -0.2) is 6.71 Å². The zero-order valence-corrected chi connectivity index (χ0v) is 22.0. The van der Waals surface area contributed by atoms with Crippen LogP contribution in [0.3, 0.4) is 0 Å². The van der Waals surface area contributed by atoms with Crippen molar-refractivity contribution in [3.05, 3.63) is 133 Å². The van der Waals surface area contributed by atoms with Crippen LogP contribution in [0.15, 0.2) is 133 Å². The van der Waals surface area contributed by atoms with E-state index in [0.717, 1.165) is 28.6 Å². The molecule has 0 amide bonds. The second-order valence-corrected chi connectivity index (χ2v) is 10.9. The number of hydrogen-bond acceptors (Lipinski definition) is 4. The van der Waals surface area contributed by atoms with Gasteiger partial charge in [-0.15, -0.1) is 0 Å². The molecule has 6 aromatic carbocycles. The lowest BCUT2D eigenvalue weighted by Crippen LogP contribution is -2.63. The molecule has 0 aromatic heterocycles. The number of fused-ring (bicyclic) bond motifs is 3. The summed E-state index contributed by atoms with van der Waals surface area (Å²) in [7, 11) is 0. The van der Waals surface area contributed by atoms with E-state index in [2.05, 4.69) is 148 Å². The smallest absolute Gasteiger partial charge is 0.262 e. The summed E-state index contributed by atoms with van der Waals surface area (Å²) in [5.74, 6) is 1.88. The van der Waals surface area contributed by atoms with E-state index in [1.807, 2.05) is 0 Å². The van der Waals surface area contributed by atoms with Crippen LogP contribution >= 0.6 is 0 Å². The zero-order chi connectivity index (χ0) is 26.7. The summed E-state index contributed by atoms with van der Waals surface area (Å²) >= 11 is 0. The topological polar surface area (TPSA) is 19.0 Å². The minimum atomic E-state index is 0.0743. The number of ether oxygens (including phenoxy) is 1. The van der Waals surface area contributed by atoms with Crippen molar-refractivity contribution in [2.24, 2.45) is 0 Å². The molecule has 0 unspecified atom stereocenters. The van der Waals surface area contributed by atoms with Gasteiger partial charge >= 0.3 is 0 Å². The van der Waals surface area contributed by atoms with Crippen LogP contribution in [0.5, 0.6) is 11.5 Å².